The molecule has 1 aromatic heterocycles. The molecular weight excluding hydrogens is 258 g/mol. The molecule has 0 atom stereocenters. The van der Waals surface area contributed by atoms with Crippen molar-refractivity contribution in [2.24, 2.45) is 5.14 Å². The second-order valence-electron chi connectivity index (χ2n) is 4.78. The van der Waals surface area contributed by atoms with Crippen LogP contribution in [0.4, 0.5) is 0 Å². The van der Waals surface area contributed by atoms with Crippen molar-refractivity contribution >= 4 is 16.0 Å². The van der Waals surface area contributed by atoms with Crippen molar-refractivity contribution in [1.82, 2.24) is 10.2 Å². The number of nitrogens with zero attached hydrogens (tertiary/aromatic N) is 1. The highest BCUT2D eigenvalue weighted by atomic mass is 32.2. The maximum Gasteiger partial charge on any atom is 0.360 e. The van der Waals surface area contributed by atoms with Crippen LogP contribution in [0.5, 0.6) is 0 Å². The van der Waals surface area contributed by atoms with Crippen LogP contribution in [0.3, 0.4) is 0 Å². The van der Waals surface area contributed by atoms with Crippen LogP contribution in [0.1, 0.15) is 43.9 Å². The van der Waals surface area contributed by atoms with Gasteiger partial charge in [-0.05, 0) is 27.2 Å². The number of nitrogens with one attached hydrogen (secondary N) is 1. The minimum atomic E-state index is -4.03. The lowest BCUT2D eigenvalue weighted by Gasteiger charge is -2.18. The summed E-state index contributed by atoms with van der Waals surface area (Å²) >= 11 is 0. The summed E-state index contributed by atoms with van der Waals surface area (Å²) in [5.74, 6) is -0.817. The number of sulfonamides is 1. The largest absolute Gasteiger partial charge is 0.455 e. The first kappa shape index (κ1) is 14.7. The van der Waals surface area contributed by atoms with E-state index >= 15 is 0 Å². The van der Waals surface area contributed by atoms with Crippen LogP contribution in [0, 0.1) is 0 Å². The molecule has 0 aliphatic heterocycles. The predicted octanol–water partition coefficient (Wildman–Crippen LogP) is 0.575. The predicted molar refractivity (Wildman–Crippen MR) is 64.5 cm³/mol. The van der Waals surface area contributed by atoms with Crippen molar-refractivity contribution in [2.75, 3.05) is 0 Å². The summed E-state index contributed by atoms with van der Waals surface area (Å²) in [5.41, 5.74) is -0.750. The van der Waals surface area contributed by atoms with Crippen molar-refractivity contribution in [2.45, 2.75) is 44.6 Å². The Morgan fingerprint density at radius 3 is 2.39 bits per heavy atom. The van der Waals surface area contributed by atoms with E-state index in [2.05, 4.69) is 10.2 Å². The molecule has 102 valence electrons. The van der Waals surface area contributed by atoms with E-state index < -0.39 is 21.6 Å². The van der Waals surface area contributed by atoms with Crippen LogP contribution in [0.25, 0.3) is 0 Å². The molecule has 0 radical (unpaired) electrons. The van der Waals surface area contributed by atoms with Gasteiger partial charge in [0.1, 0.15) is 10.5 Å². The molecule has 8 heteroatoms. The van der Waals surface area contributed by atoms with Gasteiger partial charge in [0, 0.05) is 0 Å². The van der Waals surface area contributed by atoms with Crippen LogP contribution >= 0.6 is 0 Å². The van der Waals surface area contributed by atoms with Crippen LogP contribution in [-0.2, 0) is 21.2 Å². The van der Waals surface area contributed by atoms with Gasteiger partial charge in [-0.3, -0.25) is 5.10 Å². The zero-order valence-electron chi connectivity index (χ0n) is 10.8. The molecule has 1 aromatic rings. The van der Waals surface area contributed by atoms with Crippen LogP contribution in [0.15, 0.2) is 4.90 Å². The molecule has 0 aliphatic rings. The van der Waals surface area contributed by atoms with Gasteiger partial charge in [-0.25, -0.2) is 18.4 Å². The van der Waals surface area contributed by atoms with E-state index in [0.29, 0.717) is 12.1 Å². The number of H-pyrrole nitrogens is 1. The first-order chi connectivity index (χ1) is 8.06. The van der Waals surface area contributed by atoms with E-state index in [4.69, 9.17) is 9.88 Å². The molecule has 0 spiro atoms. The molecule has 0 fully saturated rings. The molecule has 0 aliphatic carbocycles. The summed E-state index contributed by atoms with van der Waals surface area (Å²) in [5, 5.41) is 11.3. The van der Waals surface area contributed by atoms with Crippen LogP contribution in [0.2, 0.25) is 0 Å². The molecule has 1 heterocycles. The summed E-state index contributed by atoms with van der Waals surface area (Å²) < 4.78 is 28.0. The number of carbonyl (C=O) groups excluding carboxylic acids is 1. The van der Waals surface area contributed by atoms with E-state index in [-0.39, 0.29) is 10.6 Å². The molecule has 18 heavy (non-hydrogen) atoms. The third-order valence-corrected chi connectivity index (χ3v) is 3.03. The number of primary sulfonamides is 1. The molecule has 3 N–H and O–H groups in total. The van der Waals surface area contributed by atoms with Gasteiger partial charge in [-0.2, -0.15) is 5.10 Å². The third kappa shape index (κ3) is 3.30. The van der Waals surface area contributed by atoms with Gasteiger partial charge in [-0.15, -0.1) is 0 Å². The van der Waals surface area contributed by atoms with Gasteiger partial charge in [0.05, 0.1) is 5.69 Å². The molecule has 1 rings (SSSR count). The lowest BCUT2D eigenvalue weighted by molar-refractivity contribution is 0.00583. The average Bonchev–Trinajstić information content (AvgIpc) is 2.57. The number of ether oxygens (including phenoxy) is 1. The van der Waals surface area contributed by atoms with E-state index in [1.807, 2.05) is 0 Å². The van der Waals surface area contributed by atoms with Crippen molar-refractivity contribution < 1.29 is 17.9 Å². The number of hydrogen-bond acceptors (Lipinski definition) is 5. The number of aryl methyl sites for hydroxylation is 1. The van der Waals surface area contributed by atoms with Gasteiger partial charge in [0.2, 0.25) is 10.0 Å². The smallest absolute Gasteiger partial charge is 0.360 e. The van der Waals surface area contributed by atoms with E-state index in [9.17, 15) is 13.2 Å². The number of esters is 1. The summed E-state index contributed by atoms with van der Waals surface area (Å²) in [4.78, 5) is 11.5. The van der Waals surface area contributed by atoms with Crippen molar-refractivity contribution in [3.63, 3.8) is 0 Å². The Kier molecular flexibility index (Phi) is 3.82. The van der Waals surface area contributed by atoms with Gasteiger partial charge in [-0.1, -0.05) is 6.92 Å². The van der Waals surface area contributed by atoms with Gasteiger partial charge in [0.25, 0.3) is 0 Å². The minimum absolute atomic E-state index is 0.290. The summed E-state index contributed by atoms with van der Waals surface area (Å²) in [6.07, 6.45) is 0.363. The second kappa shape index (κ2) is 4.69. The second-order valence-corrected chi connectivity index (χ2v) is 6.28. The summed E-state index contributed by atoms with van der Waals surface area (Å²) in [6.45, 7) is 6.75. The summed E-state index contributed by atoms with van der Waals surface area (Å²) in [7, 11) is -4.03. The van der Waals surface area contributed by atoms with Crippen LogP contribution < -0.4 is 5.14 Å². The Hall–Kier alpha value is -1.41. The Morgan fingerprint density at radius 1 is 1.44 bits per heavy atom. The van der Waals surface area contributed by atoms with Crippen molar-refractivity contribution in [3.05, 3.63) is 11.4 Å². The Morgan fingerprint density at radius 2 is 2.00 bits per heavy atom. The molecule has 7 nitrogen and oxygen atoms in total. The van der Waals surface area contributed by atoms with Crippen molar-refractivity contribution in [1.29, 1.82) is 0 Å². The summed E-state index contributed by atoms with van der Waals surface area (Å²) in [6, 6.07) is 0. The minimum Gasteiger partial charge on any atom is -0.455 e. The number of aromatic amines is 1. The molecule has 0 bridgehead atoms. The zero-order valence-corrected chi connectivity index (χ0v) is 11.6. The van der Waals surface area contributed by atoms with Gasteiger partial charge in [0.15, 0.2) is 5.69 Å². The maximum atomic E-state index is 11.8. The fourth-order valence-corrected chi connectivity index (χ4v) is 2.31. The monoisotopic (exact) mass is 275 g/mol. The van der Waals surface area contributed by atoms with E-state index in [1.165, 1.54) is 0 Å². The maximum absolute atomic E-state index is 11.8. The topological polar surface area (TPSA) is 115 Å². The lowest BCUT2D eigenvalue weighted by Crippen LogP contribution is -2.26. The number of rotatable bonds is 3. The normalized spacial score (nSPS) is 12.5. The SMILES string of the molecule is CCc1[nH]nc(C(=O)OC(C)(C)C)c1S(N)(=O)=O. The highest BCUT2D eigenvalue weighted by molar-refractivity contribution is 7.89. The number of carbonyl (C=O) groups is 1. The average molecular weight is 275 g/mol. The highest BCUT2D eigenvalue weighted by Gasteiger charge is 2.29. The number of hydrogen-bond donors (Lipinski definition) is 2. The third-order valence-electron chi connectivity index (χ3n) is 2.02. The fourth-order valence-electron chi connectivity index (χ4n) is 1.38. The first-order valence-corrected chi connectivity index (χ1v) is 6.94. The number of aromatic nitrogens is 2. The molecule has 0 aromatic carbocycles. The standard InChI is InChI=1S/C10H17N3O4S/c1-5-6-8(18(11,15)16)7(13-12-6)9(14)17-10(2,3)4/h5H2,1-4H3,(H,12,13)(H2,11,15,16). The lowest BCUT2D eigenvalue weighted by atomic mass is 10.2. The van der Waals surface area contributed by atoms with Crippen molar-refractivity contribution in [3.8, 4) is 0 Å². The molecule has 0 amide bonds. The molecular formula is C10H17N3O4S. The first-order valence-electron chi connectivity index (χ1n) is 5.39. The van der Waals surface area contributed by atoms with Gasteiger partial charge >= 0.3 is 5.97 Å². The Bertz CT molecular complexity index is 554. The molecule has 0 saturated carbocycles. The Balaban J connectivity index is 3.27. The Labute approximate surface area is 106 Å². The zero-order chi connectivity index (χ0) is 14.1. The van der Waals surface area contributed by atoms with E-state index in [1.54, 1.807) is 27.7 Å². The quantitative estimate of drug-likeness (QED) is 0.783. The van der Waals surface area contributed by atoms with Gasteiger partial charge < -0.3 is 4.74 Å². The molecule has 0 unspecified atom stereocenters. The fraction of sp³-hybridized carbons (Fsp3) is 0.600. The number of nitrogens with two attached hydrogens (primary N) is 1. The van der Waals surface area contributed by atoms with Crippen LogP contribution in [-0.4, -0.2) is 30.2 Å². The highest BCUT2D eigenvalue weighted by Crippen LogP contribution is 2.20. The molecule has 0 saturated heterocycles. The van der Waals surface area contributed by atoms with E-state index in [0.717, 1.165) is 0 Å².